The Morgan fingerprint density at radius 2 is 1.64 bits per heavy atom. The Hall–Kier alpha value is -0.460. The van der Waals surface area contributed by atoms with E-state index in [0.29, 0.717) is 0 Å². The van der Waals surface area contributed by atoms with Crippen LogP contribution in [0.1, 0.15) is 41.5 Å². The molecule has 0 N–H and O–H groups in total. The Kier molecular flexibility index (Phi) is 3.64. The van der Waals surface area contributed by atoms with Crippen LogP contribution < -0.4 is 0 Å². The molecule has 0 bridgehead atoms. The third-order valence-corrected chi connectivity index (χ3v) is 1.42. The van der Waals surface area contributed by atoms with E-state index in [4.69, 9.17) is 4.74 Å². The molecule has 0 radical (unpaired) electrons. The van der Waals surface area contributed by atoms with Gasteiger partial charge in [0, 0.05) is 5.41 Å². The van der Waals surface area contributed by atoms with Crippen molar-refractivity contribution in [3.05, 3.63) is 11.3 Å². The Morgan fingerprint density at radius 3 is 1.73 bits per heavy atom. The van der Waals surface area contributed by atoms with Gasteiger partial charge in [-0.3, -0.25) is 0 Å². The Balaban J connectivity index is 4.50. The largest absolute Gasteiger partial charge is 0.498 e. The highest BCUT2D eigenvalue weighted by atomic mass is 16.5. The van der Waals surface area contributed by atoms with Crippen molar-refractivity contribution in [3.63, 3.8) is 0 Å². The Bertz CT molecular complexity index is 145. The lowest BCUT2D eigenvalue weighted by molar-refractivity contribution is 0.159. The molecule has 0 saturated carbocycles. The smallest absolute Gasteiger partial charge is 0.0999 e. The zero-order valence-electron chi connectivity index (χ0n) is 8.62. The zero-order chi connectivity index (χ0) is 9.07. The first kappa shape index (κ1) is 10.5. The second-order valence-electron chi connectivity index (χ2n) is 4.01. The van der Waals surface area contributed by atoms with Gasteiger partial charge in [0.05, 0.1) is 12.4 Å². The summed E-state index contributed by atoms with van der Waals surface area (Å²) >= 11 is 0. The maximum atomic E-state index is 5.55. The molecule has 0 aliphatic rings. The van der Waals surface area contributed by atoms with E-state index >= 15 is 0 Å². The van der Waals surface area contributed by atoms with Gasteiger partial charge in [-0.1, -0.05) is 20.8 Å². The van der Waals surface area contributed by atoms with E-state index in [1.807, 2.05) is 6.92 Å². The van der Waals surface area contributed by atoms with Crippen molar-refractivity contribution in [2.45, 2.75) is 41.5 Å². The fraction of sp³-hybridized carbons (Fsp3) is 0.800. The van der Waals surface area contributed by atoms with Gasteiger partial charge in [-0.05, 0) is 26.3 Å². The minimum Gasteiger partial charge on any atom is -0.498 e. The molecule has 11 heavy (non-hydrogen) atoms. The summed E-state index contributed by atoms with van der Waals surface area (Å²) in [6.45, 7) is 13.5. The molecule has 0 fully saturated rings. The molecule has 0 aliphatic carbocycles. The highest BCUT2D eigenvalue weighted by Crippen LogP contribution is 2.28. The molecule has 0 rings (SSSR count). The molecular weight excluding hydrogens is 136 g/mol. The molecule has 66 valence electrons. The van der Waals surface area contributed by atoms with E-state index in [1.165, 1.54) is 5.57 Å². The number of hydrogen-bond donors (Lipinski definition) is 0. The topological polar surface area (TPSA) is 9.23 Å². The number of allylic oxidation sites excluding steroid dienone is 2. The fourth-order valence-electron chi connectivity index (χ4n) is 1.26. The molecule has 0 aromatic carbocycles. The monoisotopic (exact) mass is 156 g/mol. The van der Waals surface area contributed by atoms with Gasteiger partial charge in [0.25, 0.3) is 0 Å². The van der Waals surface area contributed by atoms with Crippen molar-refractivity contribution in [2.75, 3.05) is 6.61 Å². The number of hydrogen-bond acceptors (Lipinski definition) is 1. The summed E-state index contributed by atoms with van der Waals surface area (Å²) in [5, 5.41) is 0. The van der Waals surface area contributed by atoms with E-state index in [2.05, 4.69) is 34.6 Å². The minimum atomic E-state index is 0.148. The van der Waals surface area contributed by atoms with Crippen molar-refractivity contribution in [1.82, 2.24) is 0 Å². The molecule has 0 atom stereocenters. The summed E-state index contributed by atoms with van der Waals surface area (Å²) in [6.07, 6.45) is 0. The lowest BCUT2D eigenvalue weighted by atomic mass is 9.91. The normalized spacial score (nSPS) is 11.1. The molecule has 0 spiro atoms. The average molecular weight is 156 g/mol. The first-order valence-corrected chi connectivity index (χ1v) is 4.20. The second-order valence-corrected chi connectivity index (χ2v) is 4.01. The van der Waals surface area contributed by atoms with Crippen molar-refractivity contribution >= 4 is 0 Å². The summed E-state index contributed by atoms with van der Waals surface area (Å²) in [6, 6.07) is 0. The number of ether oxygens (including phenoxy) is 1. The SMILES string of the molecule is CCOC(=C(C)C)C(C)(C)C. The van der Waals surface area contributed by atoms with Crippen LogP contribution >= 0.6 is 0 Å². The lowest BCUT2D eigenvalue weighted by Gasteiger charge is -2.24. The van der Waals surface area contributed by atoms with Crippen LogP contribution in [0.15, 0.2) is 11.3 Å². The van der Waals surface area contributed by atoms with Crippen molar-refractivity contribution in [1.29, 1.82) is 0 Å². The molecule has 1 nitrogen and oxygen atoms in total. The van der Waals surface area contributed by atoms with E-state index < -0.39 is 0 Å². The van der Waals surface area contributed by atoms with Crippen LogP contribution in [0.2, 0.25) is 0 Å². The Morgan fingerprint density at radius 1 is 1.18 bits per heavy atom. The molecule has 0 unspecified atom stereocenters. The highest BCUT2D eigenvalue weighted by Gasteiger charge is 2.19. The highest BCUT2D eigenvalue weighted by molar-refractivity contribution is 5.09. The molecule has 0 aromatic rings. The fourth-order valence-corrected chi connectivity index (χ4v) is 1.26. The van der Waals surface area contributed by atoms with Crippen molar-refractivity contribution in [2.24, 2.45) is 5.41 Å². The van der Waals surface area contributed by atoms with E-state index in [9.17, 15) is 0 Å². The van der Waals surface area contributed by atoms with Crippen LogP contribution in [0.4, 0.5) is 0 Å². The third-order valence-electron chi connectivity index (χ3n) is 1.42. The third kappa shape index (κ3) is 3.45. The second kappa shape index (κ2) is 3.80. The van der Waals surface area contributed by atoms with Crippen LogP contribution in [0.3, 0.4) is 0 Å². The van der Waals surface area contributed by atoms with Crippen molar-refractivity contribution < 1.29 is 4.74 Å². The quantitative estimate of drug-likeness (QED) is 0.557. The van der Waals surface area contributed by atoms with Gasteiger partial charge in [-0.25, -0.2) is 0 Å². The lowest BCUT2D eigenvalue weighted by Crippen LogP contribution is -2.13. The van der Waals surface area contributed by atoms with Crippen LogP contribution in [0, 0.1) is 5.41 Å². The van der Waals surface area contributed by atoms with Gasteiger partial charge in [0.1, 0.15) is 0 Å². The molecular formula is C10H20O. The van der Waals surface area contributed by atoms with Gasteiger partial charge < -0.3 is 4.74 Å². The number of rotatable bonds is 2. The van der Waals surface area contributed by atoms with Gasteiger partial charge in [-0.2, -0.15) is 0 Å². The Labute approximate surface area is 70.4 Å². The minimum absolute atomic E-state index is 0.148. The standard InChI is InChI=1S/C10H20O/c1-7-11-9(8(2)3)10(4,5)6/h7H2,1-6H3. The van der Waals surface area contributed by atoms with Crippen LogP contribution in [0.5, 0.6) is 0 Å². The predicted octanol–water partition coefficient (Wildman–Crippen LogP) is 3.36. The van der Waals surface area contributed by atoms with Crippen LogP contribution in [0.25, 0.3) is 0 Å². The van der Waals surface area contributed by atoms with E-state index in [1.54, 1.807) is 0 Å². The summed E-state index contributed by atoms with van der Waals surface area (Å²) in [4.78, 5) is 0. The maximum Gasteiger partial charge on any atom is 0.0999 e. The maximum absolute atomic E-state index is 5.55. The first-order chi connectivity index (χ1) is 4.89. The molecule has 1 heteroatoms. The van der Waals surface area contributed by atoms with Crippen LogP contribution in [-0.2, 0) is 4.74 Å². The van der Waals surface area contributed by atoms with Gasteiger partial charge in [0.2, 0.25) is 0 Å². The molecule has 0 aromatic heterocycles. The summed E-state index contributed by atoms with van der Waals surface area (Å²) < 4.78 is 5.55. The van der Waals surface area contributed by atoms with E-state index in [-0.39, 0.29) is 5.41 Å². The molecule has 0 heterocycles. The molecule has 0 saturated heterocycles. The van der Waals surface area contributed by atoms with Gasteiger partial charge in [-0.15, -0.1) is 0 Å². The van der Waals surface area contributed by atoms with Gasteiger partial charge in [0.15, 0.2) is 0 Å². The van der Waals surface area contributed by atoms with Gasteiger partial charge >= 0.3 is 0 Å². The predicted molar refractivity (Wildman–Crippen MR) is 49.5 cm³/mol. The average Bonchev–Trinajstić information content (AvgIpc) is 1.79. The molecule has 0 aliphatic heterocycles. The summed E-state index contributed by atoms with van der Waals surface area (Å²) in [5.74, 6) is 1.13. The zero-order valence-corrected chi connectivity index (χ0v) is 8.62. The van der Waals surface area contributed by atoms with Crippen LogP contribution in [-0.4, -0.2) is 6.61 Å². The summed E-state index contributed by atoms with van der Waals surface area (Å²) in [7, 11) is 0. The first-order valence-electron chi connectivity index (χ1n) is 4.20. The van der Waals surface area contributed by atoms with Crippen molar-refractivity contribution in [3.8, 4) is 0 Å². The van der Waals surface area contributed by atoms with E-state index in [0.717, 1.165) is 12.4 Å². The summed E-state index contributed by atoms with van der Waals surface area (Å²) in [5.41, 5.74) is 1.42. The molecule has 0 amide bonds.